The van der Waals surface area contributed by atoms with Crippen molar-refractivity contribution in [2.24, 2.45) is 10.2 Å². The van der Waals surface area contributed by atoms with E-state index in [1.165, 1.54) is 11.3 Å². The van der Waals surface area contributed by atoms with Crippen LogP contribution in [0.25, 0.3) is 0 Å². The summed E-state index contributed by atoms with van der Waals surface area (Å²) in [7, 11) is 0. The van der Waals surface area contributed by atoms with Crippen LogP contribution in [0.5, 0.6) is 0 Å². The molecule has 0 aliphatic rings. The molecule has 2 aromatic rings. The van der Waals surface area contributed by atoms with Gasteiger partial charge in [-0.25, -0.2) is 0 Å². The Morgan fingerprint density at radius 1 is 1.17 bits per heavy atom. The highest BCUT2D eigenvalue weighted by molar-refractivity contribution is 7.12. The molecule has 0 saturated carbocycles. The lowest BCUT2D eigenvalue weighted by Gasteiger charge is -1.95. The summed E-state index contributed by atoms with van der Waals surface area (Å²) in [5.74, 6) is -0.341. The van der Waals surface area contributed by atoms with Crippen molar-refractivity contribution < 1.29 is 9.90 Å². The van der Waals surface area contributed by atoms with E-state index in [9.17, 15) is 4.79 Å². The standard InChI is InChI=1S/C13H10N2O2S/c16-9-11(13(17)12-7-4-8-18-12)15-14-10-5-2-1-3-6-10/h1-9,16H/b11-9+,15-14?. The Hall–Kier alpha value is -2.27. The van der Waals surface area contributed by atoms with E-state index < -0.39 is 0 Å². The van der Waals surface area contributed by atoms with E-state index in [2.05, 4.69) is 10.2 Å². The van der Waals surface area contributed by atoms with Gasteiger partial charge in [-0.05, 0) is 23.6 Å². The molecule has 1 aromatic heterocycles. The average molecular weight is 258 g/mol. The molecule has 1 aromatic carbocycles. The minimum absolute atomic E-state index is 0.0821. The molecular formula is C13H10N2O2S. The summed E-state index contributed by atoms with van der Waals surface area (Å²) in [5, 5.41) is 18.5. The Labute approximate surface area is 108 Å². The van der Waals surface area contributed by atoms with Crippen molar-refractivity contribution in [3.8, 4) is 0 Å². The van der Waals surface area contributed by atoms with Crippen LogP contribution in [0.3, 0.4) is 0 Å². The van der Waals surface area contributed by atoms with Gasteiger partial charge >= 0.3 is 0 Å². The molecule has 0 atom stereocenters. The van der Waals surface area contributed by atoms with Gasteiger partial charge in [0.15, 0.2) is 5.70 Å². The van der Waals surface area contributed by atoms with Gasteiger partial charge in [-0.3, -0.25) is 4.79 Å². The van der Waals surface area contributed by atoms with E-state index in [4.69, 9.17) is 5.11 Å². The van der Waals surface area contributed by atoms with Crippen molar-refractivity contribution in [2.75, 3.05) is 0 Å². The molecule has 5 heteroatoms. The highest BCUT2D eigenvalue weighted by atomic mass is 32.1. The molecule has 0 fully saturated rings. The number of Topliss-reactive ketones (excluding diaryl/α,β-unsaturated/α-hetero) is 1. The third-order valence-corrected chi connectivity index (χ3v) is 3.00. The first-order chi connectivity index (χ1) is 8.81. The van der Waals surface area contributed by atoms with Crippen molar-refractivity contribution in [1.82, 2.24) is 0 Å². The first-order valence-corrected chi connectivity index (χ1v) is 6.08. The largest absolute Gasteiger partial charge is 0.513 e. The Morgan fingerprint density at radius 2 is 1.94 bits per heavy atom. The van der Waals surface area contributed by atoms with Gasteiger partial charge in [0, 0.05) is 0 Å². The molecule has 1 heterocycles. The minimum Gasteiger partial charge on any atom is -0.513 e. The molecule has 0 bridgehead atoms. The van der Waals surface area contributed by atoms with E-state index in [-0.39, 0.29) is 11.5 Å². The Bertz CT molecular complexity index is 574. The molecule has 1 N–H and O–H groups in total. The third-order valence-electron chi connectivity index (χ3n) is 2.13. The van der Waals surface area contributed by atoms with Crippen molar-refractivity contribution in [3.05, 3.63) is 64.7 Å². The molecule has 0 unspecified atom stereocenters. The first kappa shape index (κ1) is 12.2. The number of aliphatic hydroxyl groups excluding tert-OH is 1. The number of thiophene rings is 1. The second-order valence-electron chi connectivity index (χ2n) is 3.36. The molecular weight excluding hydrogens is 248 g/mol. The normalized spacial score (nSPS) is 11.9. The van der Waals surface area contributed by atoms with Gasteiger partial charge in [0.05, 0.1) is 10.6 Å². The Morgan fingerprint density at radius 3 is 2.56 bits per heavy atom. The zero-order valence-corrected chi connectivity index (χ0v) is 10.2. The predicted octanol–water partition coefficient (Wildman–Crippen LogP) is 4.11. The number of hydrogen-bond acceptors (Lipinski definition) is 5. The third kappa shape index (κ3) is 2.89. The number of hydrogen-bond donors (Lipinski definition) is 1. The lowest BCUT2D eigenvalue weighted by atomic mass is 10.2. The van der Waals surface area contributed by atoms with Crippen molar-refractivity contribution in [2.45, 2.75) is 0 Å². The molecule has 0 amide bonds. The second-order valence-corrected chi connectivity index (χ2v) is 4.30. The number of azo groups is 1. The average Bonchev–Trinajstić information content (AvgIpc) is 2.94. The maximum Gasteiger partial charge on any atom is 0.226 e. The fourth-order valence-corrected chi connectivity index (χ4v) is 1.94. The van der Waals surface area contributed by atoms with Crippen molar-refractivity contribution in [3.63, 3.8) is 0 Å². The smallest absolute Gasteiger partial charge is 0.226 e. The van der Waals surface area contributed by atoms with E-state index >= 15 is 0 Å². The number of benzene rings is 1. The summed E-state index contributed by atoms with van der Waals surface area (Å²) >= 11 is 1.29. The number of carbonyl (C=O) groups excluding carboxylic acids is 1. The first-order valence-electron chi connectivity index (χ1n) is 5.20. The quantitative estimate of drug-likeness (QED) is 0.388. The van der Waals surface area contributed by atoms with Gasteiger partial charge in [-0.15, -0.1) is 16.5 Å². The molecule has 0 radical (unpaired) electrons. The number of allylic oxidation sites excluding steroid dienone is 1. The summed E-state index contributed by atoms with van der Waals surface area (Å²) in [6.45, 7) is 0. The summed E-state index contributed by atoms with van der Waals surface area (Å²) in [6, 6.07) is 12.5. The Kier molecular flexibility index (Phi) is 3.98. The summed E-state index contributed by atoms with van der Waals surface area (Å²) in [5.41, 5.74) is 0.539. The van der Waals surface area contributed by atoms with E-state index in [0.29, 0.717) is 16.8 Å². The monoisotopic (exact) mass is 258 g/mol. The Balaban J connectivity index is 2.16. The number of ketones is 1. The fourth-order valence-electron chi connectivity index (χ4n) is 1.27. The molecule has 0 saturated heterocycles. The zero-order valence-electron chi connectivity index (χ0n) is 9.35. The van der Waals surface area contributed by atoms with E-state index in [1.807, 2.05) is 18.2 Å². The van der Waals surface area contributed by atoms with E-state index in [0.717, 1.165) is 0 Å². The van der Waals surface area contributed by atoms with Crippen LogP contribution in [0.2, 0.25) is 0 Å². The lowest BCUT2D eigenvalue weighted by molar-refractivity contribution is 0.103. The molecule has 0 spiro atoms. The van der Waals surface area contributed by atoms with Crippen molar-refractivity contribution in [1.29, 1.82) is 0 Å². The molecule has 0 aliphatic heterocycles. The van der Waals surface area contributed by atoms with Gasteiger partial charge in [0.2, 0.25) is 5.78 Å². The maximum absolute atomic E-state index is 11.9. The summed E-state index contributed by atoms with van der Waals surface area (Å²) in [6.07, 6.45) is 0.675. The van der Waals surface area contributed by atoms with Crippen LogP contribution in [0, 0.1) is 0 Å². The van der Waals surface area contributed by atoms with Crippen LogP contribution in [-0.2, 0) is 0 Å². The van der Waals surface area contributed by atoms with E-state index in [1.54, 1.807) is 29.6 Å². The molecule has 18 heavy (non-hydrogen) atoms. The van der Waals surface area contributed by atoms with Gasteiger partial charge in [-0.2, -0.15) is 5.11 Å². The maximum atomic E-state index is 11.9. The highest BCUT2D eigenvalue weighted by Gasteiger charge is 2.13. The SMILES string of the molecule is O=C(/C(=C\O)N=Nc1ccccc1)c1cccs1. The van der Waals surface area contributed by atoms with Crippen LogP contribution in [0.1, 0.15) is 9.67 Å². The van der Waals surface area contributed by atoms with Gasteiger partial charge < -0.3 is 5.11 Å². The topological polar surface area (TPSA) is 62.0 Å². The molecule has 90 valence electrons. The highest BCUT2D eigenvalue weighted by Crippen LogP contribution is 2.17. The van der Waals surface area contributed by atoms with Crippen molar-refractivity contribution >= 4 is 22.8 Å². The van der Waals surface area contributed by atoms with Crippen LogP contribution in [0.4, 0.5) is 5.69 Å². The minimum atomic E-state index is -0.341. The number of rotatable bonds is 4. The van der Waals surface area contributed by atoms with Gasteiger partial charge in [0.25, 0.3) is 0 Å². The molecule has 4 nitrogen and oxygen atoms in total. The van der Waals surface area contributed by atoms with Gasteiger partial charge in [0.1, 0.15) is 6.26 Å². The number of nitrogens with zero attached hydrogens (tertiary/aromatic N) is 2. The van der Waals surface area contributed by atoms with Crippen LogP contribution in [-0.4, -0.2) is 10.9 Å². The second kappa shape index (κ2) is 5.88. The number of aliphatic hydroxyl groups is 1. The molecule has 2 rings (SSSR count). The zero-order chi connectivity index (χ0) is 12.8. The lowest BCUT2D eigenvalue weighted by Crippen LogP contribution is -1.98. The molecule has 0 aliphatic carbocycles. The summed E-state index contributed by atoms with van der Waals surface area (Å²) < 4.78 is 0. The fraction of sp³-hybridized carbons (Fsp3) is 0. The number of carbonyl (C=O) groups is 1. The summed E-state index contributed by atoms with van der Waals surface area (Å²) in [4.78, 5) is 12.4. The van der Waals surface area contributed by atoms with Gasteiger partial charge in [-0.1, -0.05) is 24.3 Å². The van der Waals surface area contributed by atoms with Crippen LogP contribution >= 0.6 is 11.3 Å². The predicted molar refractivity (Wildman–Crippen MR) is 70.3 cm³/mol. The van der Waals surface area contributed by atoms with Crippen LogP contribution < -0.4 is 0 Å². The van der Waals surface area contributed by atoms with Crippen LogP contribution in [0.15, 0.2) is 70.0 Å².